The van der Waals surface area contributed by atoms with Crippen molar-refractivity contribution < 1.29 is 9.59 Å². The maximum absolute atomic E-state index is 12.3. The van der Waals surface area contributed by atoms with E-state index in [-0.39, 0.29) is 23.9 Å². The van der Waals surface area contributed by atoms with E-state index in [1.165, 1.54) is 0 Å². The number of rotatable bonds is 7. The minimum Gasteiger partial charge on any atom is -0.352 e. The summed E-state index contributed by atoms with van der Waals surface area (Å²) < 4.78 is 1.95. The maximum Gasteiger partial charge on any atom is 0.317 e. The maximum atomic E-state index is 12.3. The van der Waals surface area contributed by atoms with Crippen LogP contribution in [-0.2, 0) is 11.3 Å². The molecule has 0 bridgehead atoms. The minimum absolute atomic E-state index is 0.00714. The van der Waals surface area contributed by atoms with Gasteiger partial charge in [-0.25, -0.2) is 9.78 Å². The van der Waals surface area contributed by atoms with Crippen LogP contribution in [0.15, 0.2) is 18.7 Å². The van der Waals surface area contributed by atoms with Crippen LogP contribution < -0.4 is 10.6 Å². The highest BCUT2D eigenvalue weighted by atomic mass is 16.2. The first-order valence-electron chi connectivity index (χ1n) is 9.22. The van der Waals surface area contributed by atoms with Gasteiger partial charge in [-0.05, 0) is 31.6 Å². The Labute approximate surface area is 150 Å². The summed E-state index contributed by atoms with van der Waals surface area (Å²) in [7, 11) is 0. The molecule has 1 aliphatic heterocycles. The van der Waals surface area contributed by atoms with Crippen LogP contribution >= 0.6 is 0 Å². The molecule has 1 saturated heterocycles. The molecule has 0 aliphatic carbocycles. The lowest BCUT2D eigenvalue weighted by Crippen LogP contribution is -2.47. The van der Waals surface area contributed by atoms with Gasteiger partial charge in [-0.1, -0.05) is 13.8 Å². The van der Waals surface area contributed by atoms with E-state index in [9.17, 15) is 9.59 Å². The van der Waals surface area contributed by atoms with Gasteiger partial charge in [0.1, 0.15) is 0 Å². The number of amides is 3. The highest BCUT2D eigenvalue weighted by Crippen LogP contribution is 2.19. The lowest BCUT2D eigenvalue weighted by molar-refractivity contribution is -0.123. The Morgan fingerprint density at radius 2 is 2.12 bits per heavy atom. The zero-order valence-corrected chi connectivity index (χ0v) is 15.6. The van der Waals surface area contributed by atoms with Gasteiger partial charge < -0.3 is 20.1 Å². The number of piperidine rings is 1. The average molecular weight is 349 g/mol. The number of imidazole rings is 1. The molecule has 0 radical (unpaired) electrons. The highest BCUT2D eigenvalue weighted by molar-refractivity contribution is 5.77. The van der Waals surface area contributed by atoms with Gasteiger partial charge in [-0.2, -0.15) is 0 Å². The van der Waals surface area contributed by atoms with Gasteiger partial charge in [0, 0.05) is 51.0 Å². The normalized spacial score (nSPS) is 18.9. The SMILES string of the molecule is CC(C)CNC(=O)N1CCC[C@H](CC(=O)N[C@@H](C)Cn2ccnc2)C1. The van der Waals surface area contributed by atoms with E-state index in [1.54, 1.807) is 12.5 Å². The molecule has 7 heteroatoms. The summed E-state index contributed by atoms with van der Waals surface area (Å²) in [4.78, 5) is 30.3. The van der Waals surface area contributed by atoms with Crippen molar-refractivity contribution in [2.75, 3.05) is 19.6 Å². The van der Waals surface area contributed by atoms with Crippen LogP contribution in [-0.4, -0.2) is 52.1 Å². The third kappa shape index (κ3) is 6.76. The monoisotopic (exact) mass is 349 g/mol. The molecule has 0 aromatic carbocycles. The number of hydrogen-bond donors (Lipinski definition) is 2. The number of hydrogen-bond acceptors (Lipinski definition) is 3. The van der Waals surface area contributed by atoms with Crippen LogP contribution in [0.2, 0.25) is 0 Å². The van der Waals surface area contributed by atoms with E-state index < -0.39 is 0 Å². The molecule has 1 fully saturated rings. The van der Waals surface area contributed by atoms with Crippen LogP contribution in [0.5, 0.6) is 0 Å². The molecule has 7 nitrogen and oxygen atoms in total. The Hall–Kier alpha value is -2.05. The van der Waals surface area contributed by atoms with Crippen LogP contribution in [0.1, 0.15) is 40.0 Å². The number of aromatic nitrogens is 2. The highest BCUT2D eigenvalue weighted by Gasteiger charge is 2.25. The number of likely N-dealkylation sites (tertiary alicyclic amines) is 1. The summed E-state index contributed by atoms with van der Waals surface area (Å²) in [6, 6.07) is 0.0445. The van der Waals surface area contributed by atoms with Gasteiger partial charge in [0.2, 0.25) is 5.91 Å². The topological polar surface area (TPSA) is 79.3 Å². The van der Waals surface area contributed by atoms with Gasteiger partial charge in [0.25, 0.3) is 0 Å². The standard InChI is InChI=1S/C18H31N5O2/c1-14(2)10-20-18(25)23-7-4-5-16(12-23)9-17(24)21-15(3)11-22-8-6-19-13-22/h6,8,13-16H,4-5,7,9-12H2,1-3H3,(H,20,25)(H,21,24)/t15-,16+/m0/s1. The molecule has 0 spiro atoms. The molecule has 140 valence electrons. The Morgan fingerprint density at radius 3 is 2.80 bits per heavy atom. The van der Waals surface area contributed by atoms with E-state index in [1.807, 2.05) is 22.6 Å². The molecule has 1 aliphatic rings. The second-order valence-corrected chi connectivity index (χ2v) is 7.47. The molecule has 25 heavy (non-hydrogen) atoms. The fourth-order valence-corrected chi connectivity index (χ4v) is 3.17. The number of nitrogens with zero attached hydrogens (tertiary/aromatic N) is 3. The molecule has 2 N–H and O–H groups in total. The van der Waals surface area contributed by atoms with E-state index in [4.69, 9.17) is 0 Å². The lowest BCUT2D eigenvalue weighted by atomic mass is 9.94. The second-order valence-electron chi connectivity index (χ2n) is 7.47. The summed E-state index contributed by atoms with van der Waals surface area (Å²) in [6.07, 6.45) is 7.79. The first-order chi connectivity index (χ1) is 11.9. The van der Waals surface area contributed by atoms with E-state index in [0.717, 1.165) is 19.4 Å². The molecule has 2 atom stereocenters. The Morgan fingerprint density at radius 1 is 1.32 bits per heavy atom. The van der Waals surface area contributed by atoms with Crippen LogP contribution in [0.25, 0.3) is 0 Å². The zero-order chi connectivity index (χ0) is 18.2. The van der Waals surface area contributed by atoms with Crippen molar-refractivity contribution in [2.45, 2.75) is 52.6 Å². The molecule has 3 amide bonds. The van der Waals surface area contributed by atoms with E-state index in [0.29, 0.717) is 32.0 Å². The van der Waals surface area contributed by atoms with Gasteiger partial charge in [0.05, 0.1) is 6.33 Å². The molecule has 2 heterocycles. The second kappa shape index (κ2) is 9.44. The van der Waals surface area contributed by atoms with Crippen LogP contribution in [0.4, 0.5) is 4.79 Å². The van der Waals surface area contributed by atoms with Crippen molar-refractivity contribution in [2.24, 2.45) is 11.8 Å². The van der Waals surface area contributed by atoms with Gasteiger partial charge in [-0.3, -0.25) is 4.79 Å². The van der Waals surface area contributed by atoms with E-state index >= 15 is 0 Å². The number of carbonyl (C=O) groups is 2. The van der Waals surface area contributed by atoms with Crippen molar-refractivity contribution in [3.8, 4) is 0 Å². The Bertz CT molecular complexity index is 544. The number of nitrogens with one attached hydrogen (secondary N) is 2. The third-order valence-corrected chi connectivity index (χ3v) is 4.39. The predicted octanol–water partition coefficient (Wildman–Crippen LogP) is 1.86. The van der Waals surface area contributed by atoms with Crippen molar-refractivity contribution in [1.29, 1.82) is 0 Å². The lowest BCUT2D eigenvalue weighted by Gasteiger charge is -2.33. The molecule has 1 aromatic rings. The zero-order valence-electron chi connectivity index (χ0n) is 15.6. The van der Waals surface area contributed by atoms with Gasteiger partial charge in [0.15, 0.2) is 0 Å². The van der Waals surface area contributed by atoms with Crippen molar-refractivity contribution in [1.82, 2.24) is 25.1 Å². The van der Waals surface area contributed by atoms with Crippen LogP contribution in [0, 0.1) is 11.8 Å². The quantitative estimate of drug-likeness (QED) is 0.788. The first kappa shape index (κ1) is 19.3. The van der Waals surface area contributed by atoms with Crippen LogP contribution in [0.3, 0.4) is 0 Å². The molecule has 0 unspecified atom stereocenters. The Balaban J connectivity index is 1.73. The predicted molar refractivity (Wildman–Crippen MR) is 97.0 cm³/mol. The van der Waals surface area contributed by atoms with Crippen molar-refractivity contribution in [3.05, 3.63) is 18.7 Å². The fraction of sp³-hybridized carbons (Fsp3) is 0.722. The van der Waals surface area contributed by atoms with E-state index in [2.05, 4.69) is 29.5 Å². The summed E-state index contributed by atoms with van der Waals surface area (Å²) >= 11 is 0. The summed E-state index contributed by atoms with van der Waals surface area (Å²) in [5.41, 5.74) is 0. The number of carbonyl (C=O) groups excluding carboxylic acids is 2. The fourth-order valence-electron chi connectivity index (χ4n) is 3.17. The molecule has 0 saturated carbocycles. The summed E-state index contributed by atoms with van der Waals surface area (Å²) in [5, 5.41) is 6.00. The molecular formula is C18H31N5O2. The molecular weight excluding hydrogens is 318 g/mol. The summed E-state index contributed by atoms with van der Waals surface area (Å²) in [6.45, 7) is 8.98. The van der Waals surface area contributed by atoms with Gasteiger partial charge in [-0.15, -0.1) is 0 Å². The third-order valence-electron chi connectivity index (χ3n) is 4.39. The minimum atomic E-state index is -0.00714. The largest absolute Gasteiger partial charge is 0.352 e. The molecule has 2 rings (SSSR count). The Kier molecular flexibility index (Phi) is 7.28. The molecule has 1 aromatic heterocycles. The van der Waals surface area contributed by atoms with Crippen molar-refractivity contribution in [3.63, 3.8) is 0 Å². The average Bonchev–Trinajstić information content (AvgIpc) is 3.05. The summed E-state index contributed by atoms with van der Waals surface area (Å²) in [5.74, 6) is 0.730. The van der Waals surface area contributed by atoms with Crippen molar-refractivity contribution >= 4 is 11.9 Å². The first-order valence-corrected chi connectivity index (χ1v) is 9.22. The van der Waals surface area contributed by atoms with Gasteiger partial charge >= 0.3 is 6.03 Å². The smallest absolute Gasteiger partial charge is 0.317 e. The number of urea groups is 1.